The molecule has 0 amide bonds. The Labute approximate surface area is 137 Å². The first-order chi connectivity index (χ1) is 9.36. The summed E-state index contributed by atoms with van der Waals surface area (Å²) in [7, 11) is -3.72. The number of hydrogen-bond acceptors (Lipinski definition) is 3. The van der Waals surface area contributed by atoms with Crippen molar-refractivity contribution in [3.05, 3.63) is 21.1 Å². The maximum atomic E-state index is 11.3. The molecule has 0 saturated carbocycles. The molecule has 20 heavy (non-hydrogen) atoms. The molecular weight excluding hydrogens is 410 g/mol. The third-order valence-corrected chi connectivity index (χ3v) is 4.87. The summed E-state index contributed by atoms with van der Waals surface area (Å²) in [5.41, 5.74) is 0. The summed E-state index contributed by atoms with van der Waals surface area (Å²) in [4.78, 5) is 0.0477. The van der Waals surface area contributed by atoms with E-state index in [1.807, 2.05) is 0 Å². The van der Waals surface area contributed by atoms with Crippen LogP contribution >= 0.6 is 31.9 Å². The van der Waals surface area contributed by atoms with Crippen LogP contribution in [0.2, 0.25) is 0 Å². The molecule has 0 fully saturated rings. The van der Waals surface area contributed by atoms with Crippen molar-refractivity contribution in [2.45, 2.75) is 43.9 Å². The number of unbranched alkanes of at least 4 members (excludes halogenated alkanes) is 4. The highest BCUT2D eigenvalue weighted by atomic mass is 79.9. The van der Waals surface area contributed by atoms with Gasteiger partial charge in [0.1, 0.15) is 5.75 Å². The van der Waals surface area contributed by atoms with Crippen LogP contribution in [0.5, 0.6) is 5.75 Å². The van der Waals surface area contributed by atoms with Crippen LogP contribution in [0, 0.1) is 0 Å². The number of hydrogen-bond donors (Lipinski definition) is 1. The molecule has 0 aromatic heterocycles. The van der Waals surface area contributed by atoms with Crippen LogP contribution in [0.4, 0.5) is 0 Å². The fraction of sp³-hybridized carbons (Fsp3) is 0.538. The van der Waals surface area contributed by atoms with E-state index in [4.69, 9.17) is 9.88 Å². The monoisotopic (exact) mass is 427 g/mol. The van der Waals surface area contributed by atoms with Gasteiger partial charge in [-0.3, -0.25) is 0 Å². The summed E-state index contributed by atoms with van der Waals surface area (Å²) in [6, 6.07) is 2.90. The minimum Gasteiger partial charge on any atom is -0.491 e. The third-order valence-electron chi connectivity index (χ3n) is 2.79. The number of benzene rings is 1. The lowest BCUT2D eigenvalue weighted by Crippen LogP contribution is -2.12. The van der Waals surface area contributed by atoms with Gasteiger partial charge in [-0.05, 0) is 50.4 Å². The van der Waals surface area contributed by atoms with Crippen molar-refractivity contribution in [3.63, 3.8) is 0 Å². The second-order valence-corrected chi connectivity index (χ2v) is 7.79. The van der Waals surface area contributed by atoms with Gasteiger partial charge in [0.2, 0.25) is 10.0 Å². The molecular formula is C13H19Br2NO3S. The van der Waals surface area contributed by atoms with Crippen LogP contribution in [0.3, 0.4) is 0 Å². The van der Waals surface area contributed by atoms with Gasteiger partial charge in [0.25, 0.3) is 0 Å². The average molecular weight is 429 g/mol. The second-order valence-electron chi connectivity index (χ2n) is 4.52. The summed E-state index contributed by atoms with van der Waals surface area (Å²) in [6.07, 6.45) is 5.80. The number of nitrogens with two attached hydrogens (primary N) is 1. The first kappa shape index (κ1) is 17.9. The SMILES string of the molecule is CCCCCCCOc1c(Br)cc(S(N)(=O)=O)cc1Br. The van der Waals surface area contributed by atoms with Gasteiger partial charge in [0.15, 0.2) is 0 Å². The summed E-state index contributed by atoms with van der Waals surface area (Å²) in [6.45, 7) is 2.79. The molecule has 114 valence electrons. The molecule has 7 heteroatoms. The van der Waals surface area contributed by atoms with Gasteiger partial charge in [-0.15, -0.1) is 0 Å². The van der Waals surface area contributed by atoms with Gasteiger partial charge in [-0.1, -0.05) is 32.6 Å². The highest BCUT2D eigenvalue weighted by Gasteiger charge is 2.15. The highest BCUT2D eigenvalue weighted by molar-refractivity contribution is 9.11. The van der Waals surface area contributed by atoms with Gasteiger partial charge in [-0.2, -0.15) is 0 Å². The number of sulfonamides is 1. The van der Waals surface area contributed by atoms with E-state index in [0.717, 1.165) is 12.8 Å². The van der Waals surface area contributed by atoms with E-state index < -0.39 is 10.0 Å². The minimum atomic E-state index is -3.72. The summed E-state index contributed by atoms with van der Waals surface area (Å²) in [5.74, 6) is 0.605. The van der Waals surface area contributed by atoms with Crippen LogP contribution < -0.4 is 9.88 Å². The molecule has 0 radical (unpaired) electrons. The molecule has 0 aliphatic rings. The number of ether oxygens (including phenoxy) is 1. The molecule has 0 aliphatic heterocycles. The van der Waals surface area contributed by atoms with Crippen molar-refractivity contribution >= 4 is 41.9 Å². The number of halogens is 2. The quantitative estimate of drug-likeness (QED) is 0.630. The summed E-state index contributed by atoms with van der Waals surface area (Å²) < 4.78 is 29.4. The molecule has 0 bridgehead atoms. The Morgan fingerprint density at radius 1 is 1.10 bits per heavy atom. The summed E-state index contributed by atoms with van der Waals surface area (Å²) in [5, 5.41) is 5.10. The van der Waals surface area contributed by atoms with Crippen LogP contribution in [-0.2, 0) is 10.0 Å². The number of primary sulfonamides is 1. The smallest absolute Gasteiger partial charge is 0.238 e. The van der Waals surface area contributed by atoms with E-state index in [1.54, 1.807) is 0 Å². The van der Waals surface area contributed by atoms with E-state index in [9.17, 15) is 8.42 Å². The Morgan fingerprint density at radius 3 is 2.15 bits per heavy atom. The zero-order valence-corrected chi connectivity index (χ0v) is 15.4. The zero-order chi connectivity index (χ0) is 15.2. The fourth-order valence-electron chi connectivity index (χ4n) is 1.72. The van der Waals surface area contributed by atoms with Gasteiger partial charge >= 0.3 is 0 Å². The normalized spacial score (nSPS) is 11.6. The van der Waals surface area contributed by atoms with Crippen molar-refractivity contribution in [3.8, 4) is 5.75 Å². The largest absolute Gasteiger partial charge is 0.491 e. The highest BCUT2D eigenvalue weighted by Crippen LogP contribution is 2.35. The van der Waals surface area contributed by atoms with Crippen molar-refractivity contribution < 1.29 is 13.2 Å². The van der Waals surface area contributed by atoms with E-state index in [1.165, 1.54) is 31.4 Å². The van der Waals surface area contributed by atoms with Crippen LogP contribution in [0.1, 0.15) is 39.0 Å². The molecule has 0 spiro atoms. The lowest BCUT2D eigenvalue weighted by molar-refractivity contribution is 0.301. The second kappa shape index (κ2) is 8.36. The Balaban J connectivity index is 2.63. The summed E-state index contributed by atoms with van der Waals surface area (Å²) >= 11 is 6.62. The van der Waals surface area contributed by atoms with Crippen molar-refractivity contribution in [1.82, 2.24) is 0 Å². The molecule has 0 aliphatic carbocycles. The topological polar surface area (TPSA) is 69.4 Å². The van der Waals surface area contributed by atoms with Gasteiger partial charge < -0.3 is 4.74 Å². The molecule has 4 nitrogen and oxygen atoms in total. The molecule has 0 heterocycles. The fourth-order valence-corrected chi connectivity index (χ4v) is 4.00. The molecule has 0 unspecified atom stereocenters. The zero-order valence-electron chi connectivity index (χ0n) is 11.4. The van der Waals surface area contributed by atoms with Gasteiger partial charge in [0.05, 0.1) is 20.4 Å². The Hall–Kier alpha value is -0.110. The molecule has 2 N–H and O–H groups in total. The average Bonchev–Trinajstić information content (AvgIpc) is 2.34. The predicted octanol–water partition coefficient (Wildman–Crippen LogP) is 4.21. The Morgan fingerprint density at radius 2 is 1.65 bits per heavy atom. The van der Waals surface area contributed by atoms with E-state index in [0.29, 0.717) is 21.3 Å². The number of rotatable bonds is 8. The van der Waals surface area contributed by atoms with Crippen LogP contribution in [0.25, 0.3) is 0 Å². The van der Waals surface area contributed by atoms with Crippen molar-refractivity contribution in [2.24, 2.45) is 5.14 Å². The van der Waals surface area contributed by atoms with Gasteiger partial charge in [0, 0.05) is 0 Å². The predicted molar refractivity (Wildman–Crippen MR) is 87.5 cm³/mol. The first-order valence-electron chi connectivity index (χ1n) is 6.51. The molecule has 1 aromatic rings. The van der Waals surface area contributed by atoms with Gasteiger partial charge in [-0.25, -0.2) is 13.6 Å². The lowest BCUT2D eigenvalue weighted by Gasteiger charge is -2.11. The van der Waals surface area contributed by atoms with Crippen LogP contribution in [0.15, 0.2) is 26.0 Å². The van der Waals surface area contributed by atoms with Crippen LogP contribution in [-0.4, -0.2) is 15.0 Å². The molecule has 0 saturated heterocycles. The maximum Gasteiger partial charge on any atom is 0.238 e. The lowest BCUT2D eigenvalue weighted by atomic mass is 10.2. The Bertz CT molecular complexity index is 524. The molecule has 0 atom stereocenters. The third kappa shape index (κ3) is 5.71. The Kier molecular flexibility index (Phi) is 7.50. The maximum absolute atomic E-state index is 11.3. The van der Waals surface area contributed by atoms with Crippen molar-refractivity contribution in [2.75, 3.05) is 6.61 Å². The van der Waals surface area contributed by atoms with E-state index >= 15 is 0 Å². The van der Waals surface area contributed by atoms with Crippen molar-refractivity contribution in [1.29, 1.82) is 0 Å². The first-order valence-corrected chi connectivity index (χ1v) is 9.64. The molecule has 1 aromatic carbocycles. The molecule has 1 rings (SSSR count). The van der Waals surface area contributed by atoms with E-state index in [2.05, 4.69) is 38.8 Å². The minimum absolute atomic E-state index is 0.0477. The van der Waals surface area contributed by atoms with E-state index in [-0.39, 0.29) is 4.90 Å². The standard InChI is InChI=1S/C13H19Br2NO3S/c1-2-3-4-5-6-7-19-13-11(14)8-10(9-12(13)15)20(16,17)18/h8-9H,2-7H2,1H3,(H2,16,17,18).